The Bertz CT molecular complexity index is 1510. The Morgan fingerprint density at radius 1 is 1.22 bits per heavy atom. The highest BCUT2D eigenvalue weighted by atomic mass is 32.2. The summed E-state index contributed by atoms with van der Waals surface area (Å²) in [6.45, 7) is 4.59. The predicted molar refractivity (Wildman–Crippen MR) is 129 cm³/mol. The van der Waals surface area contributed by atoms with Gasteiger partial charge < -0.3 is 19.6 Å². The molecule has 1 aliphatic rings. The molecule has 0 spiro atoms. The number of carbonyl (C=O) groups is 2. The standard InChI is InChI=1S/C23H25N5O8S/c1-23(2,3)36-22(30)26-37(33,34)18-8-6-14(10-17(18)28(31)32)20(35-21(24)29)16-12-27-11-15(13-4-5-13)7-9-19(27)25-16/h6-13,20H,4-5H2,1-3H3,(H2,24,29)(H,26,30). The van der Waals surface area contributed by atoms with Crippen molar-refractivity contribution in [3.63, 3.8) is 0 Å². The van der Waals surface area contributed by atoms with Crippen LogP contribution in [0.3, 0.4) is 0 Å². The van der Waals surface area contributed by atoms with Gasteiger partial charge in [0.15, 0.2) is 11.0 Å². The largest absolute Gasteiger partial charge is 0.443 e. The first kappa shape index (κ1) is 25.9. The molecule has 37 heavy (non-hydrogen) atoms. The van der Waals surface area contributed by atoms with E-state index in [9.17, 15) is 28.1 Å². The Kier molecular flexibility index (Phi) is 6.54. The number of imidazole rings is 1. The zero-order valence-electron chi connectivity index (χ0n) is 20.2. The Hall–Kier alpha value is -4.20. The van der Waals surface area contributed by atoms with Crippen molar-refractivity contribution >= 4 is 33.5 Å². The van der Waals surface area contributed by atoms with Crippen LogP contribution in [0.5, 0.6) is 0 Å². The van der Waals surface area contributed by atoms with E-state index in [1.54, 1.807) is 21.4 Å². The fraction of sp³-hybridized carbons (Fsp3) is 0.348. The first-order valence-electron chi connectivity index (χ1n) is 11.2. The van der Waals surface area contributed by atoms with Crippen molar-refractivity contribution in [1.29, 1.82) is 0 Å². The maximum absolute atomic E-state index is 12.8. The van der Waals surface area contributed by atoms with Crippen LogP contribution in [-0.4, -0.2) is 40.5 Å². The van der Waals surface area contributed by atoms with Gasteiger partial charge in [-0.1, -0.05) is 12.1 Å². The monoisotopic (exact) mass is 531 g/mol. The van der Waals surface area contributed by atoms with Crippen molar-refractivity contribution in [1.82, 2.24) is 14.1 Å². The number of hydrogen-bond acceptors (Lipinski definition) is 9. The maximum Gasteiger partial charge on any atom is 0.421 e. The van der Waals surface area contributed by atoms with Gasteiger partial charge in [0.1, 0.15) is 16.9 Å². The number of nitro benzene ring substituents is 1. The van der Waals surface area contributed by atoms with Crippen molar-refractivity contribution < 1.29 is 32.4 Å². The molecule has 13 nitrogen and oxygen atoms in total. The van der Waals surface area contributed by atoms with E-state index in [0.717, 1.165) is 30.5 Å². The van der Waals surface area contributed by atoms with Crippen LogP contribution >= 0.6 is 0 Å². The number of nitrogens with two attached hydrogens (primary N) is 1. The summed E-state index contributed by atoms with van der Waals surface area (Å²) < 4.78 is 39.1. The first-order valence-corrected chi connectivity index (χ1v) is 12.7. The van der Waals surface area contributed by atoms with E-state index in [-0.39, 0.29) is 11.3 Å². The third kappa shape index (κ3) is 5.97. The van der Waals surface area contributed by atoms with E-state index in [1.165, 1.54) is 26.8 Å². The number of sulfonamides is 1. The topological polar surface area (TPSA) is 185 Å². The van der Waals surface area contributed by atoms with Gasteiger partial charge in [-0.25, -0.2) is 27.7 Å². The number of fused-ring (bicyclic) bond motifs is 1. The molecule has 1 saturated carbocycles. The highest BCUT2D eigenvalue weighted by molar-refractivity contribution is 7.90. The smallest absolute Gasteiger partial charge is 0.421 e. The predicted octanol–water partition coefficient (Wildman–Crippen LogP) is 3.52. The number of rotatable bonds is 7. The number of pyridine rings is 1. The maximum atomic E-state index is 12.8. The molecule has 196 valence electrons. The van der Waals surface area contributed by atoms with Gasteiger partial charge in [-0.05, 0) is 57.2 Å². The number of ether oxygens (including phenoxy) is 2. The van der Waals surface area contributed by atoms with E-state index in [2.05, 4.69) is 4.98 Å². The number of nitrogens with zero attached hydrogens (tertiary/aromatic N) is 3. The zero-order valence-corrected chi connectivity index (χ0v) is 21.0. The molecule has 14 heteroatoms. The molecule has 1 atom stereocenters. The number of amides is 2. The van der Waals surface area contributed by atoms with Crippen molar-refractivity contribution in [3.05, 3.63) is 69.7 Å². The van der Waals surface area contributed by atoms with Gasteiger partial charge in [-0.15, -0.1) is 0 Å². The molecular weight excluding hydrogens is 506 g/mol. The lowest BCUT2D eigenvalue weighted by atomic mass is 10.1. The summed E-state index contributed by atoms with van der Waals surface area (Å²) >= 11 is 0. The van der Waals surface area contributed by atoms with Crippen LogP contribution in [0, 0.1) is 10.1 Å². The molecule has 0 bridgehead atoms. The molecule has 4 rings (SSSR count). The van der Waals surface area contributed by atoms with E-state index >= 15 is 0 Å². The molecule has 1 fully saturated rings. The van der Waals surface area contributed by atoms with Gasteiger partial charge in [0.2, 0.25) is 0 Å². The second-order valence-corrected chi connectivity index (χ2v) is 11.2. The molecular formula is C23H25N5O8S. The Balaban J connectivity index is 1.72. The van der Waals surface area contributed by atoms with Crippen molar-refractivity contribution in [2.75, 3.05) is 0 Å². The third-order valence-corrected chi connectivity index (χ3v) is 6.79. The van der Waals surface area contributed by atoms with E-state index in [1.807, 2.05) is 12.3 Å². The molecule has 3 aromatic rings. The van der Waals surface area contributed by atoms with Crippen LogP contribution in [0.25, 0.3) is 5.65 Å². The number of carbonyl (C=O) groups excluding carboxylic acids is 2. The summed E-state index contributed by atoms with van der Waals surface area (Å²) in [5.41, 5.74) is 5.35. The summed E-state index contributed by atoms with van der Waals surface area (Å²) in [5, 5.41) is 11.8. The molecule has 0 radical (unpaired) electrons. The molecule has 2 amide bonds. The van der Waals surface area contributed by atoms with Gasteiger partial charge in [0, 0.05) is 24.0 Å². The first-order chi connectivity index (χ1) is 17.2. The van der Waals surface area contributed by atoms with Gasteiger partial charge in [-0.3, -0.25) is 10.1 Å². The number of benzene rings is 1. The highest BCUT2D eigenvalue weighted by Crippen LogP contribution is 2.40. The number of nitrogens with one attached hydrogen (secondary N) is 1. The minimum absolute atomic E-state index is 0.0486. The summed E-state index contributed by atoms with van der Waals surface area (Å²) in [6, 6.07) is 6.83. The number of primary amides is 1. The molecule has 0 aliphatic heterocycles. The SMILES string of the molecule is CC(C)(C)OC(=O)NS(=O)(=O)c1ccc(C(OC(N)=O)c2cn3cc(C4CC4)ccc3n2)cc1[N+](=O)[O-]. The number of hydrogen-bond donors (Lipinski definition) is 2. The van der Waals surface area contributed by atoms with Crippen LogP contribution in [0.4, 0.5) is 15.3 Å². The van der Waals surface area contributed by atoms with Crippen molar-refractivity contribution in [2.45, 2.75) is 56.1 Å². The fourth-order valence-electron chi connectivity index (χ4n) is 3.76. The molecule has 1 unspecified atom stereocenters. The minimum atomic E-state index is -4.68. The molecule has 2 heterocycles. The molecule has 1 aromatic carbocycles. The fourth-order valence-corrected chi connectivity index (χ4v) is 4.79. The summed E-state index contributed by atoms with van der Waals surface area (Å²) in [6.07, 6.45) is 1.99. The lowest BCUT2D eigenvalue weighted by molar-refractivity contribution is -0.387. The van der Waals surface area contributed by atoms with Crippen molar-refractivity contribution in [2.24, 2.45) is 5.73 Å². The Morgan fingerprint density at radius 2 is 1.92 bits per heavy atom. The molecule has 0 saturated heterocycles. The zero-order chi connectivity index (χ0) is 27.1. The lowest BCUT2D eigenvalue weighted by Crippen LogP contribution is -2.36. The van der Waals surface area contributed by atoms with Crippen LogP contribution in [0.15, 0.2) is 47.6 Å². The van der Waals surface area contributed by atoms with Gasteiger partial charge in [-0.2, -0.15) is 0 Å². The third-order valence-electron chi connectivity index (χ3n) is 5.43. The average molecular weight is 532 g/mol. The highest BCUT2D eigenvalue weighted by Gasteiger charge is 2.32. The number of aromatic nitrogens is 2. The molecule has 3 N–H and O–H groups in total. The Morgan fingerprint density at radius 3 is 2.51 bits per heavy atom. The normalized spacial score (nSPS) is 14.7. The lowest BCUT2D eigenvalue weighted by Gasteiger charge is -2.19. The Labute approximate surface area is 211 Å². The minimum Gasteiger partial charge on any atom is -0.443 e. The van der Waals surface area contributed by atoms with Gasteiger partial charge in [0.25, 0.3) is 15.7 Å². The summed E-state index contributed by atoms with van der Waals surface area (Å²) in [7, 11) is -4.68. The molecule has 1 aliphatic carbocycles. The second-order valence-electron chi connectivity index (χ2n) is 9.58. The summed E-state index contributed by atoms with van der Waals surface area (Å²) in [5.74, 6) is 0.486. The van der Waals surface area contributed by atoms with E-state index in [0.29, 0.717) is 11.6 Å². The quantitative estimate of drug-likeness (QED) is 0.340. The van der Waals surface area contributed by atoms with Crippen molar-refractivity contribution in [3.8, 4) is 0 Å². The molecule has 2 aromatic heterocycles. The van der Waals surface area contributed by atoms with Gasteiger partial charge >= 0.3 is 12.2 Å². The van der Waals surface area contributed by atoms with Crippen LogP contribution in [-0.2, 0) is 19.5 Å². The van der Waals surface area contributed by atoms with E-state index < -0.39 is 49.4 Å². The van der Waals surface area contributed by atoms with Crippen LogP contribution < -0.4 is 10.5 Å². The van der Waals surface area contributed by atoms with Crippen LogP contribution in [0.2, 0.25) is 0 Å². The van der Waals surface area contributed by atoms with Crippen LogP contribution in [0.1, 0.15) is 62.5 Å². The summed E-state index contributed by atoms with van der Waals surface area (Å²) in [4.78, 5) is 38.2. The van der Waals surface area contributed by atoms with Gasteiger partial charge in [0.05, 0.1) is 4.92 Å². The average Bonchev–Trinajstić information content (AvgIpc) is 3.53. The van der Waals surface area contributed by atoms with E-state index in [4.69, 9.17) is 15.2 Å². The second kappa shape index (κ2) is 9.35. The number of nitro groups is 1.